The number of aromatic nitrogens is 1. The van der Waals surface area contributed by atoms with Crippen LogP contribution in [0.5, 0.6) is 0 Å². The number of esters is 1. The van der Waals surface area contributed by atoms with Gasteiger partial charge >= 0.3 is 5.97 Å². The van der Waals surface area contributed by atoms with Crippen LogP contribution in [-0.2, 0) is 31.6 Å². The smallest absolute Gasteiger partial charge is 0.338 e. The maximum Gasteiger partial charge on any atom is 0.338 e. The highest BCUT2D eigenvalue weighted by atomic mass is 32.2. The van der Waals surface area contributed by atoms with E-state index in [0.717, 1.165) is 30.6 Å². The molecule has 0 spiro atoms. The van der Waals surface area contributed by atoms with Crippen molar-refractivity contribution in [3.63, 3.8) is 0 Å². The van der Waals surface area contributed by atoms with Gasteiger partial charge in [-0.15, -0.1) is 0 Å². The Kier molecular flexibility index (Phi) is 7.75. The quantitative estimate of drug-likeness (QED) is 0.333. The summed E-state index contributed by atoms with van der Waals surface area (Å²) in [6.45, 7) is 4.83. The summed E-state index contributed by atoms with van der Waals surface area (Å²) in [5.41, 5.74) is 3.19. The third kappa shape index (κ3) is 6.54. The number of rotatable bonds is 10. The first-order valence-corrected chi connectivity index (χ1v) is 11.3. The van der Waals surface area contributed by atoms with E-state index in [9.17, 15) is 18.0 Å². The summed E-state index contributed by atoms with van der Waals surface area (Å²) in [6.07, 6.45) is 1.99. The predicted molar refractivity (Wildman–Crippen MR) is 110 cm³/mol. The van der Waals surface area contributed by atoms with Gasteiger partial charge in [-0.25, -0.2) is 13.2 Å². The van der Waals surface area contributed by atoms with Crippen molar-refractivity contribution in [1.82, 2.24) is 4.57 Å². The van der Waals surface area contributed by atoms with Crippen LogP contribution in [0.15, 0.2) is 30.3 Å². The Morgan fingerprint density at radius 1 is 1.10 bits per heavy atom. The molecule has 29 heavy (non-hydrogen) atoms. The zero-order valence-corrected chi connectivity index (χ0v) is 18.0. The molecular weight excluding hydrogens is 394 g/mol. The van der Waals surface area contributed by atoms with Crippen molar-refractivity contribution in [2.24, 2.45) is 0 Å². The van der Waals surface area contributed by atoms with Gasteiger partial charge in [0.25, 0.3) is 0 Å². The van der Waals surface area contributed by atoms with E-state index >= 15 is 0 Å². The lowest BCUT2D eigenvalue weighted by Gasteiger charge is -2.09. The fraction of sp³-hybridized carbons (Fsp3) is 0.429. The first-order valence-electron chi connectivity index (χ1n) is 9.25. The number of carbonyl (C=O) groups is 2. The summed E-state index contributed by atoms with van der Waals surface area (Å²) in [7, 11) is -1.49. The Morgan fingerprint density at radius 2 is 1.76 bits per heavy atom. The van der Waals surface area contributed by atoms with E-state index in [4.69, 9.17) is 9.47 Å². The van der Waals surface area contributed by atoms with Gasteiger partial charge in [0.2, 0.25) is 5.78 Å². The maximum atomic E-state index is 12.5. The molecule has 0 N–H and O–H groups in total. The van der Waals surface area contributed by atoms with Gasteiger partial charge in [-0.1, -0.05) is 12.1 Å². The Hall–Kier alpha value is -2.45. The number of ether oxygens (including phenoxy) is 2. The van der Waals surface area contributed by atoms with Crippen LogP contribution >= 0.6 is 0 Å². The zero-order valence-electron chi connectivity index (χ0n) is 17.2. The Bertz CT molecular complexity index is 973. The van der Waals surface area contributed by atoms with Crippen molar-refractivity contribution >= 4 is 21.6 Å². The molecule has 2 aromatic rings. The Labute approximate surface area is 171 Å². The summed E-state index contributed by atoms with van der Waals surface area (Å²) < 4.78 is 34.9. The second kappa shape index (κ2) is 9.84. The van der Waals surface area contributed by atoms with Crippen LogP contribution < -0.4 is 0 Å². The minimum absolute atomic E-state index is 0.0964. The molecule has 0 atom stereocenters. The molecule has 8 heteroatoms. The van der Waals surface area contributed by atoms with Crippen molar-refractivity contribution < 1.29 is 27.5 Å². The van der Waals surface area contributed by atoms with Gasteiger partial charge in [0.05, 0.1) is 11.3 Å². The largest absolute Gasteiger partial charge is 0.454 e. The van der Waals surface area contributed by atoms with Gasteiger partial charge in [-0.05, 0) is 44.0 Å². The number of carbonyl (C=O) groups excluding carboxylic acids is 2. The zero-order chi connectivity index (χ0) is 21.6. The third-order valence-electron chi connectivity index (χ3n) is 4.56. The van der Waals surface area contributed by atoms with Gasteiger partial charge in [0.15, 0.2) is 16.4 Å². The molecule has 7 nitrogen and oxygen atoms in total. The molecule has 0 saturated heterocycles. The monoisotopic (exact) mass is 421 g/mol. The number of hydrogen-bond acceptors (Lipinski definition) is 6. The summed E-state index contributed by atoms with van der Waals surface area (Å²) in [5.74, 6) is -0.989. The fourth-order valence-electron chi connectivity index (χ4n) is 3.13. The maximum absolute atomic E-state index is 12.5. The first kappa shape index (κ1) is 22.8. The van der Waals surface area contributed by atoms with Crippen LogP contribution in [0.2, 0.25) is 0 Å². The highest BCUT2D eigenvalue weighted by Gasteiger charge is 2.18. The van der Waals surface area contributed by atoms with Gasteiger partial charge in [-0.3, -0.25) is 4.79 Å². The van der Waals surface area contributed by atoms with Crippen molar-refractivity contribution in [3.8, 4) is 0 Å². The number of sulfone groups is 1. The van der Waals surface area contributed by atoms with Crippen molar-refractivity contribution in [1.29, 1.82) is 0 Å². The highest BCUT2D eigenvalue weighted by molar-refractivity contribution is 7.89. The van der Waals surface area contributed by atoms with Crippen LogP contribution in [-0.4, -0.2) is 51.3 Å². The minimum atomic E-state index is -3.15. The molecule has 0 unspecified atom stereocenters. The van der Waals surface area contributed by atoms with E-state index in [-0.39, 0.29) is 23.7 Å². The predicted octanol–water partition coefficient (Wildman–Crippen LogP) is 2.73. The van der Waals surface area contributed by atoms with E-state index in [1.807, 2.05) is 13.8 Å². The Balaban J connectivity index is 1.98. The average molecular weight is 422 g/mol. The van der Waals surface area contributed by atoms with Crippen molar-refractivity contribution in [2.75, 3.05) is 26.6 Å². The fourth-order valence-corrected chi connectivity index (χ4v) is 3.92. The second-order valence-corrected chi connectivity index (χ2v) is 9.19. The molecule has 0 saturated carbocycles. The molecule has 1 heterocycles. The standard InChI is InChI=1S/C21H27NO6S/c1-15-12-19(16(2)22(15)10-5-11-27-3)20(23)13-28-21(24)18-8-6-17(7-9-18)14-29(4,25)26/h6-9,12H,5,10-11,13-14H2,1-4H3. The lowest BCUT2D eigenvalue weighted by molar-refractivity contribution is 0.0474. The number of nitrogens with zero attached hydrogens (tertiary/aromatic N) is 1. The molecule has 0 aliphatic carbocycles. The van der Waals surface area contributed by atoms with Gasteiger partial charge in [-0.2, -0.15) is 0 Å². The van der Waals surface area contributed by atoms with Crippen LogP contribution in [0.1, 0.15) is 44.1 Å². The van der Waals surface area contributed by atoms with Gasteiger partial charge in [0, 0.05) is 43.5 Å². The first-order chi connectivity index (χ1) is 13.6. The lowest BCUT2D eigenvalue weighted by atomic mass is 10.1. The molecule has 1 aromatic carbocycles. The number of methoxy groups -OCH3 is 1. The number of Topliss-reactive ketones (excluding diaryl/α,β-unsaturated/α-hetero) is 1. The van der Waals surface area contributed by atoms with Crippen LogP contribution in [0.4, 0.5) is 0 Å². The van der Waals surface area contributed by atoms with Crippen LogP contribution in [0.25, 0.3) is 0 Å². The Morgan fingerprint density at radius 3 is 2.34 bits per heavy atom. The molecule has 0 bridgehead atoms. The molecule has 158 valence electrons. The molecule has 0 fully saturated rings. The van der Waals surface area contributed by atoms with Crippen LogP contribution in [0, 0.1) is 13.8 Å². The normalized spacial score (nSPS) is 11.4. The molecule has 0 radical (unpaired) electrons. The number of hydrogen-bond donors (Lipinski definition) is 0. The lowest BCUT2D eigenvalue weighted by Crippen LogP contribution is -2.15. The molecule has 0 amide bonds. The SMILES string of the molecule is COCCCn1c(C)cc(C(=O)COC(=O)c2ccc(CS(C)(=O)=O)cc2)c1C. The molecule has 2 rings (SSSR count). The summed E-state index contributed by atoms with van der Waals surface area (Å²) in [4.78, 5) is 24.7. The van der Waals surface area contributed by atoms with E-state index < -0.39 is 15.8 Å². The van der Waals surface area contributed by atoms with Crippen molar-refractivity contribution in [2.45, 2.75) is 32.6 Å². The van der Waals surface area contributed by atoms with Crippen molar-refractivity contribution in [3.05, 3.63) is 58.4 Å². The summed E-state index contributed by atoms with van der Waals surface area (Å²) in [6, 6.07) is 7.92. The van der Waals surface area contributed by atoms with E-state index in [1.54, 1.807) is 25.3 Å². The number of aryl methyl sites for hydroxylation is 1. The van der Waals surface area contributed by atoms with E-state index in [1.165, 1.54) is 12.1 Å². The molecular formula is C21H27NO6S. The molecule has 1 aromatic heterocycles. The topological polar surface area (TPSA) is 91.7 Å². The third-order valence-corrected chi connectivity index (χ3v) is 5.41. The minimum Gasteiger partial charge on any atom is -0.454 e. The average Bonchev–Trinajstić information content (AvgIpc) is 2.93. The van der Waals surface area contributed by atoms with Crippen LogP contribution in [0.3, 0.4) is 0 Å². The van der Waals surface area contributed by atoms with Gasteiger partial charge < -0.3 is 14.0 Å². The van der Waals surface area contributed by atoms with E-state index in [0.29, 0.717) is 17.7 Å². The summed E-state index contributed by atoms with van der Waals surface area (Å²) >= 11 is 0. The highest BCUT2D eigenvalue weighted by Crippen LogP contribution is 2.17. The summed E-state index contributed by atoms with van der Waals surface area (Å²) in [5, 5.41) is 0. The van der Waals surface area contributed by atoms with E-state index in [2.05, 4.69) is 4.57 Å². The van der Waals surface area contributed by atoms with Gasteiger partial charge in [0.1, 0.15) is 0 Å². The number of benzene rings is 1. The molecule has 0 aliphatic heterocycles. The molecule has 0 aliphatic rings. The number of ketones is 1. The second-order valence-electron chi connectivity index (χ2n) is 7.05.